The number of aliphatic carboxylic acids is 3. The average Bonchev–Trinajstić information content (AvgIpc) is 2.34. The lowest BCUT2D eigenvalue weighted by Gasteiger charge is -2.15. The van der Waals surface area contributed by atoms with Crippen molar-refractivity contribution in [2.24, 2.45) is 5.73 Å². The second-order valence-electron chi connectivity index (χ2n) is 3.90. The molecule has 0 rings (SSSR count). The highest BCUT2D eigenvalue weighted by Crippen LogP contribution is 2.00. The van der Waals surface area contributed by atoms with Gasteiger partial charge in [-0.1, -0.05) is 0 Å². The first-order valence-corrected chi connectivity index (χ1v) is 5.62. The highest BCUT2D eigenvalue weighted by molar-refractivity contribution is 5.78. The van der Waals surface area contributed by atoms with Gasteiger partial charge in [0.2, 0.25) is 0 Å². The molecule has 114 valence electrons. The molecule has 0 saturated carbocycles. The van der Waals surface area contributed by atoms with E-state index in [1.807, 2.05) is 5.48 Å². The Morgan fingerprint density at radius 2 is 1.50 bits per heavy atom. The molecule has 0 saturated heterocycles. The number of carbonyl (C=O) groups excluding carboxylic acids is 1. The Morgan fingerprint density at radius 1 is 1.00 bits per heavy atom. The summed E-state index contributed by atoms with van der Waals surface area (Å²) in [7, 11) is 0. The van der Waals surface area contributed by atoms with Gasteiger partial charge < -0.3 is 25.9 Å². The molecule has 0 aromatic rings. The molecule has 0 fully saturated rings. The van der Waals surface area contributed by atoms with Gasteiger partial charge >= 0.3 is 23.9 Å². The Hall–Kier alpha value is -2.20. The zero-order valence-corrected chi connectivity index (χ0v) is 10.4. The van der Waals surface area contributed by atoms with E-state index >= 15 is 0 Å². The van der Waals surface area contributed by atoms with Crippen molar-refractivity contribution in [2.45, 2.75) is 37.8 Å². The second-order valence-corrected chi connectivity index (χ2v) is 3.90. The van der Waals surface area contributed by atoms with Gasteiger partial charge in [0.25, 0.3) is 0 Å². The summed E-state index contributed by atoms with van der Waals surface area (Å²) < 4.78 is 0. The van der Waals surface area contributed by atoms with Crippen LogP contribution in [0.3, 0.4) is 0 Å². The standard InChI is InChI=1S/C10H16N2O8/c11-5(1-3-7(13)14)10(19)20-12-6(9(17)18)2-4-8(15)16/h5-6,12H,1-4,11H2,(H,13,14)(H,15,16)(H,17,18)/t5?,6-/m0/s1. The van der Waals surface area contributed by atoms with Crippen LogP contribution in [0, 0.1) is 0 Å². The lowest BCUT2D eigenvalue weighted by Crippen LogP contribution is -2.43. The minimum atomic E-state index is -1.39. The number of nitrogens with two attached hydrogens (primary N) is 1. The van der Waals surface area contributed by atoms with Crippen LogP contribution in [-0.4, -0.2) is 51.3 Å². The van der Waals surface area contributed by atoms with Crippen molar-refractivity contribution in [2.75, 3.05) is 0 Å². The molecule has 2 atom stereocenters. The number of rotatable bonds is 10. The van der Waals surface area contributed by atoms with E-state index < -0.39 is 42.4 Å². The van der Waals surface area contributed by atoms with Crippen LogP contribution >= 0.6 is 0 Å². The molecule has 0 spiro atoms. The zero-order valence-electron chi connectivity index (χ0n) is 10.4. The van der Waals surface area contributed by atoms with Crippen LogP contribution in [0.5, 0.6) is 0 Å². The second kappa shape index (κ2) is 8.82. The molecule has 0 aromatic heterocycles. The monoisotopic (exact) mass is 292 g/mol. The molecule has 0 aliphatic heterocycles. The van der Waals surface area contributed by atoms with Crippen molar-refractivity contribution in [1.82, 2.24) is 5.48 Å². The Balaban J connectivity index is 4.19. The molecule has 0 heterocycles. The first-order chi connectivity index (χ1) is 9.23. The lowest BCUT2D eigenvalue weighted by atomic mass is 10.1. The lowest BCUT2D eigenvalue weighted by molar-refractivity contribution is -0.159. The molecular formula is C10H16N2O8. The minimum Gasteiger partial charge on any atom is -0.481 e. The zero-order chi connectivity index (χ0) is 15.7. The van der Waals surface area contributed by atoms with Crippen molar-refractivity contribution in [1.29, 1.82) is 0 Å². The van der Waals surface area contributed by atoms with Gasteiger partial charge in [0.15, 0.2) is 0 Å². The predicted octanol–water partition coefficient (Wildman–Crippen LogP) is -1.46. The molecule has 20 heavy (non-hydrogen) atoms. The molecule has 6 N–H and O–H groups in total. The van der Waals surface area contributed by atoms with E-state index in [1.54, 1.807) is 0 Å². The Morgan fingerprint density at radius 3 is 1.95 bits per heavy atom. The molecule has 0 bridgehead atoms. The third kappa shape index (κ3) is 8.00. The van der Waals surface area contributed by atoms with Crippen LogP contribution < -0.4 is 11.2 Å². The Kier molecular flexibility index (Phi) is 7.85. The number of carboxylic acid groups (broad SMARTS) is 3. The summed E-state index contributed by atoms with van der Waals surface area (Å²) in [5.41, 5.74) is 7.23. The van der Waals surface area contributed by atoms with Gasteiger partial charge in [-0.15, -0.1) is 5.48 Å². The SMILES string of the molecule is NC(CCC(=O)O)C(=O)ON[C@@H](CCC(=O)O)C(=O)O. The maximum atomic E-state index is 11.3. The summed E-state index contributed by atoms with van der Waals surface area (Å²) in [5.74, 6) is -4.74. The van der Waals surface area contributed by atoms with Gasteiger partial charge in [0.05, 0.1) is 0 Å². The summed E-state index contributed by atoms with van der Waals surface area (Å²) in [6, 6.07) is -2.60. The highest BCUT2D eigenvalue weighted by atomic mass is 16.7. The molecule has 1 unspecified atom stereocenters. The fourth-order valence-corrected chi connectivity index (χ4v) is 1.10. The first kappa shape index (κ1) is 17.8. The maximum Gasteiger partial charge on any atom is 0.341 e. The predicted molar refractivity (Wildman–Crippen MR) is 62.4 cm³/mol. The summed E-state index contributed by atoms with van der Waals surface area (Å²) >= 11 is 0. The van der Waals surface area contributed by atoms with E-state index in [0.29, 0.717) is 0 Å². The van der Waals surface area contributed by atoms with Crippen LogP contribution in [0.25, 0.3) is 0 Å². The van der Waals surface area contributed by atoms with Crippen LogP contribution in [0.1, 0.15) is 25.7 Å². The van der Waals surface area contributed by atoms with Crippen molar-refractivity contribution in [3.63, 3.8) is 0 Å². The molecule has 0 aliphatic rings. The van der Waals surface area contributed by atoms with E-state index in [-0.39, 0.29) is 19.3 Å². The van der Waals surface area contributed by atoms with Crippen LogP contribution in [0.15, 0.2) is 0 Å². The normalized spacial score (nSPS) is 13.2. The molecule has 0 aromatic carbocycles. The van der Waals surface area contributed by atoms with Gasteiger partial charge in [-0.2, -0.15) is 0 Å². The van der Waals surface area contributed by atoms with Crippen LogP contribution in [0.4, 0.5) is 0 Å². The minimum absolute atomic E-state index is 0.164. The molecule has 10 heteroatoms. The van der Waals surface area contributed by atoms with E-state index in [9.17, 15) is 19.2 Å². The van der Waals surface area contributed by atoms with Gasteiger partial charge in [-0.3, -0.25) is 14.4 Å². The van der Waals surface area contributed by atoms with Crippen molar-refractivity contribution < 1.29 is 39.3 Å². The molecule has 0 aliphatic carbocycles. The van der Waals surface area contributed by atoms with E-state index in [1.165, 1.54) is 0 Å². The number of hydroxylamine groups is 1. The van der Waals surface area contributed by atoms with Gasteiger partial charge in [0.1, 0.15) is 12.1 Å². The number of nitrogens with one attached hydrogen (secondary N) is 1. The molecular weight excluding hydrogens is 276 g/mol. The average molecular weight is 292 g/mol. The Bertz CT molecular complexity index is 383. The fourth-order valence-electron chi connectivity index (χ4n) is 1.10. The van der Waals surface area contributed by atoms with Crippen molar-refractivity contribution in [3.05, 3.63) is 0 Å². The maximum absolute atomic E-state index is 11.3. The van der Waals surface area contributed by atoms with Gasteiger partial charge in [-0.25, -0.2) is 4.79 Å². The quantitative estimate of drug-likeness (QED) is 0.299. The van der Waals surface area contributed by atoms with Gasteiger partial charge in [-0.05, 0) is 12.8 Å². The largest absolute Gasteiger partial charge is 0.481 e. The number of carboxylic acids is 3. The topological polar surface area (TPSA) is 176 Å². The smallest absolute Gasteiger partial charge is 0.341 e. The van der Waals surface area contributed by atoms with Crippen LogP contribution in [0.2, 0.25) is 0 Å². The number of carbonyl (C=O) groups is 4. The number of hydrogen-bond acceptors (Lipinski definition) is 7. The van der Waals surface area contributed by atoms with Gasteiger partial charge in [0, 0.05) is 12.8 Å². The molecule has 0 amide bonds. The van der Waals surface area contributed by atoms with E-state index in [4.69, 9.17) is 21.1 Å². The first-order valence-electron chi connectivity index (χ1n) is 5.62. The molecule has 0 radical (unpaired) electrons. The van der Waals surface area contributed by atoms with E-state index in [0.717, 1.165) is 0 Å². The van der Waals surface area contributed by atoms with Crippen molar-refractivity contribution in [3.8, 4) is 0 Å². The van der Waals surface area contributed by atoms with Crippen molar-refractivity contribution >= 4 is 23.9 Å². The summed E-state index contributed by atoms with van der Waals surface area (Å²) in [5, 5.41) is 25.6. The summed E-state index contributed by atoms with van der Waals surface area (Å²) in [6.07, 6.45) is -1.21. The third-order valence-electron chi connectivity index (χ3n) is 2.22. The summed E-state index contributed by atoms with van der Waals surface area (Å²) in [6.45, 7) is 0. The van der Waals surface area contributed by atoms with Crippen LogP contribution in [-0.2, 0) is 24.0 Å². The van der Waals surface area contributed by atoms with E-state index in [2.05, 4.69) is 4.84 Å². The fraction of sp³-hybridized carbons (Fsp3) is 0.600. The molecule has 10 nitrogen and oxygen atoms in total. The summed E-state index contributed by atoms with van der Waals surface area (Å²) in [4.78, 5) is 47.1. The highest BCUT2D eigenvalue weighted by Gasteiger charge is 2.23. The third-order valence-corrected chi connectivity index (χ3v) is 2.22. The Labute approximate surface area is 113 Å². The number of hydrogen-bond donors (Lipinski definition) is 5.